The average molecular weight is 272 g/mol. The molecule has 0 aromatic carbocycles. The molecule has 0 radical (unpaired) electrons. The van der Waals surface area contributed by atoms with Crippen LogP contribution in [-0.2, 0) is 4.79 Å². The molecule has 3 N–H and O–H groups in total. The molecule has 3 unspecified atom stereocenters. The van der Waals surface area contributed by atoms with Crippen molar-refractivity contribution in [3.05, 3.63) is 0 Å². The number of aliphatic carboxylic acids is 1. The van der Waals surface area contributed by atoms with Crippen molar-refractivity contribution < 1.29 is 14.7 Å². The molecule has 1 heterocycles. The van der Waals surface area contributed by atoms with Gasteiger partial charge in [0.15, 0.2) is 0 Å². The summed E-state index contributed by atoms with van der Waals surface area (Å²) in [6, 6.07) is -0.132. The van der Waals surface area contributed by atoms with Gasteiger partial charge in [0.05, 0.1) is 5.92 Å². The normalized spacial score (nSPS) is 31.2. The van der Waals surface area contributed by atoms with Crippen LogP contribution in [0.4, 0.5) is 4.79 Å². The van der Waals surface area contributed by atoms with Gasteiger partial charge in [-0.3, -0.25) is 4.79 Å². The summed E-state index contributed by atoms with van der Waals surface area (Å²) in [6.07, 6.45) is 3.17. The van der Waals surface area contributed by atoms with E-state index in [4.69, 9.17) is 5.11 Å². The van der Waals surface area contributed by atoms with E-state index in [0.29, 0.717) is 18.8 Å². The molecule has 0 aromatic rings. The molecule has 6 heteroatoms. The van der Waals surface area contributed by atoms with Crippen LogP contribution in [0, 0.1) is 11.8 Å². The first-order valence-corrected chi connectivity index (χ1v) is 7.65. The lowest BCUT2D eigenvalue weighted by Gasteiger charge is -2.15. The quantitative estimate of drug-likeness (QED) is 0.720. The molecule has 18 heavy (non-hydrogen) atoms. The maximum absolute atomic E-state index is 11.7. The van der Waals surface area contributed by atoms with Gasteiger partial charge in [0.1, 0.15) is 0 Å². The summed E-state index contributed by atoms with van der Waals surface area (Å²) in [5, 5.41) is 14.6. The number of thioether (sulfide) groups is 1. The van der Waals surface area contributed by atoms with Gasteiger partial charge in [0, 0.05) is 12.6 Å². The van der Waals surface area contributed by atoms with Crippen molar-refractivity contribution in [1.29, 1.82) is 0 Å². The summed E-state index contributed by atoms with van der Waals surface area (Å²) in [5.74, 6) is 1.88. The van der Waals surface area contributed by atoms with Gasteiger partial charge >= 0.3 is 12.0 Å². The van der Waals surface area contributed by atoms with E-state index in [1.165, 1.54) is 12.2 Å². The predicted molar refractivity (Wildman–Crippen MR) is 70.7 cm³/mol. The first-order chi connectivity index (χ1) is 8.65. The summed E-state index contributed by atoms with van der Waals surface area (Å²) in [6.45, 7) is 0.730. The highest BCUT2D eigenvalue weighted by Crippen LogP contribution is 2.25. The third kappa shape index (κ3) is 3.80. The number of hydrogen-bond acceptors (Lipinski definition) is 3. The van der Waals surface area contributed by atoms with Gasteiger partial charge in [0.25, 0.3) is 0 Å². The van der Waals surface area contributed by atoms with E-state index in [1.807, 2.05) is 11.8 Å². The zero-order valence-electron chi connectivity index (χ0n) is 10.4. The molecule has 1 saturated heterocycles. The molecule has 2 amide bonds. The van der Waals surface area contributed by atoms with Crippen molar-refractivity contribution in [3.8, 4) is 0 Å². The second kappa shape index (κ2) is 6.31. The highest BCUT2D eigenvalue weighted by atomic mass is 32.2. The Kier molecular flexibility index (Phi) is 4.74. The summed E-state index contributed by atoms with van der Waals surface area (Å²) in [7, 11) is 0. The Morgan fingerprint density at radius 2 is 2.11 bits per heavy atom. The second-order valence-electron chi connectivity index (χ2n) is 5.13. The van der Waals surface area contributed by atoms with Gasteiger partial charge in [-0.05, 0) is 43.1 Å². The zero-order valence-corrected chi connectivity index (χ0v) is 11.2. The van der Waals surface area contributed by atoms with E-state index < -0.39 is 5.97 Å². The van der Waals surface area contributed by atoms with Gasteiger partial charge in [-0.15, -0.1) is 0 Å². The molecule has 0 aromatic heterocycles. The number of rotatable bonds is 4. The fraction of sp³-hybridized carbons (Fsp3) is 0.833. The van der Waals surface area contributed by atoms with Gasteiger partial charge < -0.3 is 15.7 Å². The molecule has 2 rings (SSSR count). The molecule has 2 fully saturated rings. The van der Waals surface area contributed by atoms with E-state index in [0.717, 1.165) is 18.7 Å². The van der Waals surface area contributed by atoms with Crippen molar-refractivity contribution in [3.63, 3.8) is 0 Å². The Bertz CT molecular complexity index is 318. The zero-order chi connectivity index (χ0) is 13.0. The fourth-order valence-corrected chi connectivity index (χ4v) is 3.84. The number of hydrogen-bond donors (Lipinski definition) is 3. The minimum atomic E-state index is -0.748. The van der Waals surface area contributed by atoms with Crippen LogP contribution < -0.4 is 10.6 Å². The monoisotopic (exact) mass is 272 g/mol. The van der Waals surface area contributed by atoms with Crippen molar-refractivity contribution >= 4 is 23.8 Å². The van der Waals surface area contributed by atoms with Crippen molar-refractivity contribution in [2.45, 2.75) is 31.7 Å². The molecule has 1 aliphatic carbocycles. The third-order valence-electron chi connectivity index (χ3n) is 3.69. The Balaban J connectivity index is 1.63. The lowest BCUT2D eigenvalue weighted by Crippen LogP contribution is -2.42. The average Bonchev–Trinajstić information content (AvgIpc) is 2.96. The minimum Gasteiger partial charge on any atom is -0.481 e. The lowest BCUT2D eigenvalue weighted by atomic mass is 10.1. The topological polar surface area (TPSA) is 78.4 Å². The Morgan fingerprint density at radius 1 is 1.28 bits per heavy atom. The van der Waals surface area contributed by atoms with Crippen molar-refractivity contribution in [2.24, 2.45) is 11.8 Å². The number of nitrogens with one attached hydrogen (secondary N) is 2. The molecule has 2 aliphatic rings. The van der Waals surface area contributed by atoms with E-state index in [2.05, 4.69) is 10.6 Å². The van der Waals surface area contributed by atoms with Crippen molar-refractivity contribution in [2.75, 3.05) is 18.1 Å². The smallest absolute Gasteiger partial charge is 0.315 e. The standard InChI is InChI=1S/C12H20N2O3S/c15-11(16)9-1-2-10(5-9)14-12(17)13-6-8-3-4-18-7-8/h8-10H,1-7H2,(H,15,16)(H2,13,14,17). The van der Waals surface area contributed by atoms with Gasteiger partial charge in [-0.25, -0.2) is 4.79 Å². The van der Waals surface area contributed by atoms with Crippen LogP contribution in [-0.4, -0.2) is 41.2 Å². The number of carbonyl (C=O) groups excluding carboxylic acids is 1. The molecule has 0 spiro atoms. The van der Waals surface area contributed by atoms with Crippen LogP contribution in [0.5, 0.6) is 0 Å². The molecule has 3 atom stereocenters. The number of carbonyl (C=O) groups is 2. The van der Waals surface area contributed by atoms with Crippen LogP contribution in [0.15, 0.2) is 0 Å². The molecule has 1 aliphatic heterocycles. The molecular formula is C12H20N2O3S. The number of carboxylic acids is 1. The lowest BCUT2D eigenvalue weighted by molar-refractivity contribution is -0.141. The van der Waals surface area contributed by atoms with Gasteiger partial charge in [-0.1, -0.05) is 0 Å². The van der Waals surface area contributed by atoms with E-state index >= 15 is 0 Å². The fourth-order valence-electron chi connectivity index (χ4n) is 2.55. The van der Waals surface area contributed by atoms with Crippen molar-refractivity contribution in [1.82, 2.24) is 10.6 Å². The van der Waals surface area contributed by atoms with Gasteiger partial charge in [0.2, 0.25) is 0 Å². The van der Waals surface area contributed by atoms with E-state index in [1.54, 1.807) is 0 Å². The highest BCUT2D eigenvalue weighted by molar-refractivity contribution is 7.99. The Hall–Kier alpha value is -0.910. The van der Waals surface area contributed by atoms with Crippen LogP contribution >= 0.6 is 11.8 Å². The number of urea groups is 1. The van der Waals surface area contributed by atoms with E-state index in [-0.39, 0.29) is 18.0 Å². The molecule has 1 saturated carbocycles. The third-order valence-corrected chi connectivity index (χ3v) is 4.92. The predicted octanol–water partition coefficient (Wildman–Crippen LogP) is 1.29. The van der Waals surface area contributed by atoms with Gasteiger partial charge in [-0.2, -0.15) is 11.8 Å². The maximum atomic E-state index is 11.7. The second-order valence-corrected chi connectivity index (χ2v) is 6.28. The summed E-state index contributed by atoms with van der Waals surface area (Å²) < 4.78 is 0. The van der Waals surface area contributed by atoms with Crippen LogP contribution in [0.25, 0.3) is 0 Å². The molecule has 0 bridgehead atoms. The molecule has 5 nitrogen and oxygen atoms in total. The summed E-state index contributed by atoms with van der Waals surface area (Å²) >= 11 is 1.93. The van der Waals surface area contributed by atoms with E-state index in [9.17, 15) is 9.59 Å². The first kappa shape index (κ1) is 13.5. The Labute approximate surface area is 111 Å². The number of carboxylic acid groups (broad SMARTS) is 1. The summed E-state index contributed by atoms with van der Waals surface area (Å²) in [4.78, 5) is 22.5. The van der Waals surface area contributed by atoms with Crippen LogP contribution in [0.1, 0.15) is 25.7 Å². The van der Waals surface area contributed by atoms with Crippen LogP contribution in [0.2, 0.25) is 0 Å². The largest absolute Gasteiger partial charge is 0.481 e. The maximum Gasteiger partial charge on any atom is 0.315 e. The molecular weight excluding hydrogens is 252 g/mol. The molecule has 102 valence electrons. The summed E-state index contributed by atoms with van der Waals surface area (Å²) in [5.41, 5.74) is 0. The minimum absolute atomic E-state index is 0.0176. The highest BCUT2D eigenvalue weighted by Gasteiger charge is 2.30. The Morgan fingerprint density at radius 3 is 2.72 bits per heavy atom. The number of amides is 2. The first-order valence-electron chi connectivity index (χ1n) is 6.50. The SMILES string of the molecule is O=C(NCC1CCSC1)NC1CCC(C(=O)O)C1. The van der Waals surface area contributed by atoms with Crippen LogP contribution in [0.3, 0.4) is 0 Å².